The predicted molar refractivity (Wildman–Crippen MR) is 100 cm³/mol. The maximum Gasteiger partial charge on any atom is 0.196 e. The summed E-state index contributed by atoms with van der Waals surface area (Å²) in [6.45, 7) is 4.27. The van der Waals surface area contributed by atoms with Crippen LogP contribution in [0.25, 0.3) is 22.2 Å². The van der Waals surface area contributed by atoms with Crippen molar-refractivity contribution >= 4 is 11.1 Å². The van der Waals surface area contributed by atoms with Crippen LogP contribution < -0.4 is 0 Å². The fourth-order valence-corrected chi connectivity index (χ4v) is 2.83. The Hall–Kier alpha value is -2.64. The summed E-state index contributed by atoms with van der Waals surface area (Å²) in [6.07, 6.45) is 3.25. The third-order valence-electron chi connectivity index (χ3n) is 4.38. The topological polar surface area (TPSA) is 53.1 Å². The molecule has 0 saturated heterocycles. The van der Waals surface area contributed by atoms with E-state index in [0.717, 1.165) is 47.6 Å². The van der Waals surface area contributed by atoms with Crippen molar-refractivity contribution < 1.29 is 4.42 Å². The first kappa shape index (κ1) is 17.2. The quantitative estimate of drug-likeness (QED) is 0.632. The molecule has 3 rings (SSSR count). The SMILES string of the molecule is CCCCN(C)CCc1nc2cc(-c3ccc(C#N)cc3)ccc2o1. The molecule has 4 heteroatoms. The number of oxazole rings is 1. The number of fused-ring (bicyclic) bond motifs is 1. The van der Waals surface area contributed by atoms with E-state index in [1.807, 2.05) is 42.5 Å². The van der Waals surface area contributed by atoms with Crippen LogP contribution in [0.5, 0.6) is 0 Å². The number of benzene rings is 2. The Morgan fingerprint density at radius 3 is 2.56 bits per heavy atom. The van der Waals surface area contributed by atoms with Gasteiger partial charge in [-0.3, -0.25) is 0 Å². The third kappa shape index (κ3) is 4.26. The van der Waals surface area contributed by atoms with E-state index in [9.17, 15) is 0 Å². The summed E-state index contributed by atoms with van der Waals surface area (Å²) in [5, 5.41) is 8.90. The highest BCUT2D eigenvalue weighted by molar-refractivity contribution is 5.80. The van der Waals surface area contributed by atoms with Gasteiger partial charge in [0.1, 0.15) is 5.52 Å². The molecule has 0 aliphatic carbocycles. The van der Waals surface area contributed by atoms with Crippen LogP contribution in [0.1, 0.15) is 31.2 Å². The molecule has 0 atom stereocenters. The van der Waals surface area contributed by atoms with E-state index in [1.165, 1.54) is 12.8 Å². The van der Waals surface area contributed by atoms with Gasteiger partial charge in [-0.15, -0.1) is 0 Å². The minimum absolute atomic E-state index is 0.667. The van der Waals surface area contributed by atoms with E-state index in [-0.39, 0.29) is 0 Å². The Morgan fingerprint density at radius 2 is 1.84 bits per heavy atom. The monoisotopic (exact) mass is 333 g/mol. The van der Waals surface area contributed by atoms with E-state index in [2.05, 4.69) is 29.9 Å². The lowest BCUT2D eigenvalue weighted by atomic mass is 10.0. The lowest BCUT2D eigenvalue weighted by Gasteiger charge is -2.14. The van der Waals surface area contributed by atoms with Crippen molar-refractivity contribution in [3.63, 3.8) is 0 Å². The molecule has 1 heterocycles. The van der Waals surface area contributed by atoms with E-state index in [4.69, 9.17) is 9.68 Å². The molecule has 0 aliphatic heterocycles. The third-order valence-corrected chi connectivity index (χ3v) is 4.38. The van der Waals surface area contributed by atoms with Gasteiger partial charge >= 0.3 is 0 Å². The molecule has 0 radical (unpaired) electrons. The first-order valence-electron chi connectivity index (χ1n) is 8.78. The second kappa shape index (κ2) is 7.96. The Bertz CT molecular complexity index is 874. The minimum Gasteiger partial charge on any atom is -0.441 e. The van der Waals surface area contributed by atoms with Gasteiger partial charge in [-0.1, -0.05) is 31.5 Å². The van der Waals surface area contributed by atoms with Crippen molar-refractivity contribution in [1.29, 1.82) is 5.26 Å². The number of nitrogens with zero attached hydrogens (tertiary/aromatic N) is 3. The second-order valence-corrected chi connectivity index (χ2v) is 6.39. The molecular formula is C21H23N3O. The smallest absolute Gasteiger partial charge is 0.196 e. The summed E-state index contributed by atoms with van der Waals surface area (Å²) in [4.78, 5) is 6.96. The number of unbranched alkanes of at least 4 members (excludes halogenated alkanes) is 1. The molecule has 1 aromatic heterocycles. The average Bonchev–Trinajstić information content (AvgIpc) is 3.06. The maximum absolute atomic E-state index is 8.90. The summed E-state index contributed by atoms with van der Waals surface area (Å²) in [5.74, 6) is 0.787. The van der Waals surface area contributed by atoms with E-state index in [0.29, 0.717) is 5.56 Å². The standard InChI is InChI=1S/C21H23N3O/c1-3-4-12-24(2)13-11-21-23-19-14-18(9-10-20(19)25-21)17-7-5-16(15-22)6-8-17/h5-10,14H,3-4,11-13H2,1-2H3. The first-order chi connectivity index (χ1) is 12.2. The normalized spacial score (nSPS) is 11.1. The lowest BCUT2D eigenvalue weighted by molar-refractivity contribution is 0.321. The Morgan fingerprint density at radius 1 is 1.08 bits per heavy atom. The van der Waals surface area contributed by atoms with Crippen molar-refractivity contribution in [1.82, 2.24) is 9.88 Å². The molecule has 0 saturated carbocycles. The average molecular weight is 333 g/mol. The van der Waals surface area contributed by atoms with Crippen LogP contribution in [-0.2, 0) is 6.42 Å². The van der Waals surface area contributed by atoms with E-state index < -0.39 is 0 Å². The van der Waals surface area contributed by atoms with Crippen molar-refractivity contribution in [2.24, 2.45) is 0 Å². The molecule has 3 aromatic rings. The largest absolute Gasteiger partial charge is 0.441 e. The van der Waals surface area contributed by atoms with Crippen LogP contribution in [0.15, 0.2) is 46.9 Å². The van der Waals surface area contributed by atoms with Crippen LogP contribution >= 0.6 is 0 Å². The Kier molecular flexibility index (Phi) is 5.47. The molecule has 2 aromatic carbocycles. The fourth-order valence-electron chi connectivity index (χ4n) is 2.83. The van der Waals surface area contributed by atoms with Crippen LogP contribution in [0.2, 0.25) is 0 Å². The van der Waals surface area contributed by atoms with Gasteiger partial charge in [0.05, 0.1) is 11.6 Å². The van der Waals surface area contributed by atoms with Gasteiger partial charge in [-0.2, -0.15) is 5.26 Å². The molecule has 0 unspecified atom stereocenters. The van der Waals surface area contributed by atoms with E-state index >= 15 is 0 Å². The summed E-state index contributed by atoms with van der Waals surface area (Å²) < 4.78 is 5.87. The van der Waals surface area contributed by atoms with Gasteiger partial charge in [0.2, 0.25) is 0 Å². The molecule has 0 N–H and O–H groups in total. The van der Waals surface area contributed by atoms with Gasteiger partial charge in [0.15, 0.2) is 11.5 Å². The summed E-state index contributed by atoms with van der Waals surface area (Å²) in [5.41, 5.74) is 4.53. The maximum atomic E-state index is 8.90. The molecule has 0 bridgehead atoms. The van der Waals surface area contributed by atoms with E-state index in [1.54, 1.807) is 0 Å². The highest BCUT2D eigenvalue weighted by Crippen LogP contribution is 2.25. The number of aromatic nitrogens is 1. The molecule has 0 spiro atoms. The minimum atomic E-state index is 0.667. The van der Waals surface area contributed by atoms with Crippen molar-refractivity contribution in [3.8, 4) is 17.2 Å². The summed E-state index contributed by atoms with van der Waals surface area (Å²) in [6, 6.07) is 15.8. The van der Waals surface area contributed by atoms with Crippen LogP contribution in [0, 0.1) is 11.3 Å². The van der Waals surface area contributed by atoms with Crippen LogP contribution in [0.3, 0.4) is 0 Å². The molecule has 0 fully saturated rings. The summed E-state index contributed by atoms with van der Waals surface area (Å²) in [7, 11) is 2.14. The van der Waals surface area contributed by atoms with Crippen molar-refractivity contribution in [2.75, 3.05) is 20.1 Å². The zero-order chi connectivity index (χ0) is 17.6. The fraction of sp³-hybridized carbons (Fsp3) is 0.333. The predicted octanol–water partition coefficient (Wildman–Crippen LogP) is 4.64. The van der Waals surface area contributed by atoms with Gasteiger partial charge < -0.3 is 9.32 Å². The zero-order valence-electron chi connectivity index (χ0n) is 14.8. The van der Waals surface area contributed by atoms with Crippen molar-refractivity contribution in [3.05, 3.63) is 53.9 Å². The Labute approximate surface area is 148 Å². The lowest BCUT2D eigenvalue weighted by Crippen LogP contribution is -2.22. The number of rotatable bonds is 7. The van der Waals surface area contributed by atoms with Gasteiger partial charge in [-0.25, -0.2) is 4.98 Å². The molecular weight excluding hydrogens is 310 g/mol. The Balaban J connectivity index is 1.73. The number of nitriles is 1. The molecule has 128 valence electrons. The molecule has 25 heavy (non-hydrogen) atoms. The van der Waals surface area contributed by atoms with Crippen molar-refractivity contribution in [2.45, 2.75) is 26.2 Å². The van der Waals surface area contributed by atoms with Gasteiger partial charge in [0.25, 0.3) is 0 Å². The first-order valence-corrected chi connectivity index (χ1v) is 8.78. The number of hydrogen-bond donors (Lipinski definition) is 0. The van der Waals surface area contributed by atoms with Crippen LogP contribution in [-0.4, -0.2) is 30.0 Å². The number of hydrogen-bond acceptors (Lipinski definition) is 4. The molecule has 4 nitrogen and oxygen atoms in total. The van der Waals surface area contributed by atoms with Gasteiger partial charge in [0, 0.05) is 13.0 Å². The molecule has 0 amide bonds. The highest BCUT2D eigenvalue weighted by atomic mass is 16.3. The number of likely N-dealkylation sites (N-methyl/N-ethyl adjacent to an activating group) is 1. The zero-order valence-corrected chi connectivity index (χ0v) is 14.8. The molecule has 0 aliphatic rings. The van der Waals surface area contributed by atoms with Gasteiger partial charge in [-0.05, 0) is 55.4 Å². The summed E-state index contributed by atoms with van der Waals surface area (Å²) >= 11 is 0. The highest BCUT2D eigenvalue weighted by Gasteiger charge is 2.09. The van der Waals surface area contributed by atoms with Crippen LogP contribution in [0.4, 0.5) is 0 Å². The second-order valence-electron chi connectivity index (χ2n) is 6.39.